The third kappa shape index (κ3) is 3.78. The van der Waals surface area contributed by atoms with Crippen molar-refractivity contribution in [1.82, 2.24) is 15.1 Å². The van der Waals surface area contributed by atoms with Crippen LogP contribution in [0.25, 0.3) is 0 Å². The lowest BCUT2D eigenvalue weighted by Crippen LogP contribution is -2.31. The molecule has 0 aliphatic heterocycles. The second-order valence-corrected chi connectivity index (χ2v) is 4.89. The Morgan fingerprint density at radius 3 is 2.62 bits per heavy atom. The van der Waals surface area contributed by atoms with Crippen LogP contribution in [0, 0.1) is 0 Å². The Labute approximate surface area is 123 Å². The van der Waals surface area contributed by atoms with Gasteiger partial charge in [-0.25, -0.2) is 4.68 Å². The molecule has 2 rings (SSSR count). The summed E-state index contributed by atoms with van der Waals surface area (Å²) in [6.07, 6.45) is 0.790. The topological polar surface area (TPSA) is 64.0 Å². The highest BCUT2D eigenvalue weighted by Crippen LogP contribution is 2.11. The van der Waals surface area contributed by atoms with Crippen LogP contribution in [0.2, 0.25) is 0 Å². The number of carbonyl (C=O) groups excluding carboxylic acids is 1. The predicted molar refractivity (Wildman–Crippen MR) is 81.1 cm³/mol. The Morgan fingerprint density at radius 2 is 1.95 bits per heavy atom. The van der Waals surface area contributed by atoms with E-state index in [9.17, 15) is 9.59 Å². The van der Waals surface area contributed by atoms with Gasteiger partial charge in [0.15, 0.2) is 0 Å². The summed E-state index contributed by atoms with van der Waals surface area (Å²) in [5, 5.41) is 6.99. The summed E-state index contributed by atoms with van der Waals surface area (Å²) in [5.74, 6) is -0.281. The van der Waals surface area contributed by atoms with Crippen LogP contribution >= 0.6 is 0 Å². The van der Waals surface area contributed by atoms with E-state index in [1.807, 2.05) is 44.2 Å². The minimum Gasteiger partial charge on any atom is -0.344 e. The first-order chi connectivity index (χ1) is 10.1. The lowest BCUT2D eigenvalue weighted by Gasteiger charge is -2.14. The van der Waals surface area contributed by atoms with Gasteiger partial charge in [-0.1, -0.05) is 37.3 Å². The largest absolute Gasteiger partial charge is 0.344 e. The van der Waals surface area contributed by atoms with Gasteiger partial charge < -0.3 is 5.32 Å². The molecular formula is C16H19N3O2. The first-order valence-corrected chi connectivity index (χ1v) is 7.05. The lowest BCUT2D eigenvalue weighted by molar-refractivity contribution is 0.0932. The number of benzene rings is 1. The minimum atomic E-state index is -0.281. The van der Waals surface area contributed by atoms with Crippen molar-refractivity contribution in [2.45, 2.75) is 32.9 Å². The maximum Gasteiger partial charge on any atom is 0.272 e. The summed E-state index contributed by atoms with van der Waals surface area (Å²) < 4.78 is 1.32. The SMILES string of the molecule is CCCn1nc(C(=O)N[C@H](C)c2ccccc2)ccc1=O. The highest BCUT2D eigenvalue weighted by molar-refractivity contribution is 5.92. The molecule has 1 atom stereocenters. The van der Waals surface area contributed by atoms with Crippen LogP contribution in [0.1, 0.15) is 42.4 Å². The molecule has 1 amide bonds. The lowest BCUT2D eigenvalue weighted by atomic mass is 10.1. The molecule has 0 spiro atoms. The summed E-state index contributed by atoms with van der Waals surface area (Å²) in [4.78, 5) is 23.8. The molecule has 0 aliphatic rings. The summed E-state index contributed by atoms with van der Waals surface area (Å²) >= 11 is 0. The highest BCUT2D eigenvalue weighted by Gasteiger charge is 2.13. The van der Waals surface area contributed by atoms with Crippen molar-refractivity contribution < 1.29 is 4.79 Å². The van der Waals surface area contributed by atoms with Crippen molar-refractivity contribution in [3.63, 3.8) is 0 Å². The first-order valence-electron chi connectivity index (χ1n) is 7.05. The molecule has 1 N–H and O–H groups in total. The maximum absolute atomic E-state index is 12.2. The number of rotatable bonds is 5. The Kier molecular flexibility index (Phi) is 4.87. The fraction of sp³-hybridized carbons (Fsp3) is 0.312. The van der Waals surface area contributed by atoms with Crippen molar-refractivity contribution in [2.75, 3.05) is 0 Å². The van der Waals surface area contributed by atoms with E-state index in [0.717, 1.165) is 12.0 Å². The Hall–Kier alpha value is -2.43. The van der Waals surface area contributed by atoms with Gasteiger partial charge in [-0.15, -0.1) is 0 Å². The molecule has 1 aromatic carbocycles. The van der Waals surface area contributed by atoms with Crippen molar-refractivity contribution in [2.24, 2.45) is 0 Å². The van der Waals surface area contributed by atoms with E-state index in [-0.39, 0.29) is 23.2 Å². The summed E-state index contributed by atoms with van der Waals surface area (Å²) in [6, 6.07) is 12.4. The van der Waals surface area contributed by atoms with E-state index in [1.165, 1.54) is 16.8 Å². The zero-order valence-corrected chi connectivity index (χ0v) is 12.2. The third-order valence-corrected chi connectivity index (χ3v) is 3.18. The second-order valence-electron chi connectivity index (χ2n) is 4.89. The number of nitrogens with one attached hydrogen (secondary N) is 1. The van der Waals surface area contributed by atoms with Gasteiger partial charge in [0.05, 0.1) is 6.04 Å². The Morgan fingerprint density at radius 1 is 1.24 bits per heavy atom. The molecule has 110 valence electrons. The van der Waals surface area contributed by atoms with Crippen LogP contribution in [0.4, 0.5) is 0 Å². The van der Waals surface area contributed by atoms with E-state index in [4.69, 9.17) is 0 Å². The third-order valence-electron chi connectivity index (χ3n) is 3.18. The highest BCUT2D eigenvalue weighted by atomic mass is 16.2. The van der Waals surface area contributed by atoms with Gasteiger partial charge >= 0.3 is 0 Å². The zero-order chi connectivity index (χ0) is 15.2. The molecule has 0 fully saturated rings. The molecule has 1 aromatic heterocycles. The van der Waals surface area contributed by atoms with Crippen molar-refractivity contribution in [1.29, 1.82) is 0 Å². The number of carbonyl (C=O) groups is 1. The Bertz CT molecular complexity index is 665. The van der Waals surface area contributed by atoms with E-state index in [1.54, 1.807) is 0 Å². The molecule has 1 heterocycles. The summed E-state index contributed by atoms with van der Waals surface area (Å²) in [5.41, 5.74) is 1.09. The second kappa shape index (κ2) is 6.83. The minimum absolute atomic E-state index is 0.118. The average Bonchev–Trinajstić information content (AvgIpc) is 2.50. The van der Waals surface area contributed by atoms with Crippen LogP contribution in [0.15, 0.2) is 47.3 Å². The van der Waals surface area contributed by atoms with E-state index >= 15 is 0 Å². The number of aromatic nitrogens is 2. The number of hydrogen-bond donors (Lipinski definition) is 1. The van der Waals surface area contributed by atoms with Gasteiger partial charge in [0.2, 0.25) is 0 Å². The maximum atomic E-state index is 12.2. The zero-order valence-electron chi connectivity index (χ0n) is 12.2. The van der Waals surface area contributed by atoms with Crippen LogP contribution in [-0.2, 0) is 6.54 Å². The standard InChI is InChI=1S/C16H19N3O2/c1-3-11-19-15(20)10-9-14(18-19)16(21)17-12(2)13-7-5-4-6-8-13/h4-10,12H,3,11H2,1-2H3,(H,17,21)/t12-/m1/s1. The van der Waals surface area contributed by atoms with Gasteiger partial charge in [-0.05, 0) is 25.0 Å². The van der Waals surface area contributed by atoms with Crippen LogP contribution in [0.3, 0.4) is 0 Å². The summed E-state index contributed by atoms with van der Waals surface area (Å²) in [7, 11) is 0. The molecule has 2 aromatic rings. The summed E-state index contributed by atoms with van der Waals surface area (Å²) in [6.45, 7) is 4.38. The molecule has 5 heteroatoms. The van der Waals surface area contributed by atoms with Crippen LogP contribution in [0.5, 0.6) is 0 Å². The van der Waals surface area contributed by atoms with Crippen LogP contribution in [-0.4, -0.2) is 15.7 Å². The smallest absolute Gasteiger partial charge is 0.272 e. The van der Waals surface area contributed by atoms with Crippen LogP contribution < -0.4 is 10.9 Å². The van der Waals surface area contributed by atoms with Crippen molar-refractivity contribution in [3.05, 3.63) is 64.1 Å². The number of hydrogen-bond acceptors (Lipinski definition) is 3. The van der Waals surface area contributed by atoms with Gasteiger partial charge in [0.25, 0.3) is 11.5 Å². The molecule has 5 nitrogen and oxygen atoms in total. The number of nitrogens with zero attached hydrogens (tertiary/aromatic N) is 2. The van der Waals surface area contributed by atoms with Crippen molar-refractivity contribution in [3.8, 4) is 0 Å². The molecule has 0 radical (unpaired) electrons. The van der Waals surface area contributed by atoms with Gasteiger partial charge in [0.1, 0.15) is 5.69 Å². The molecule has 0 aliphatic carbocycles. The quantitative estimate of drug-likeness (QED) is 0.915. The molecule has 0 saturated heterocycles. The van der Waals surface area contributed by atoms with Gasteiger partial charge in [0, 0.05) is 12.6 Å². The van der Waals surface area contributed by atoms with E-state index in [2.05, 4.69) is 10.4 Å². The average molecular weight is 285 g/mol. The predicted octanol–water partition coefficient (Wildman–Crippen LogP) is 2.14. The monoisotopic (exact) mass is 285 g/mol. The fourth-order valence-corrected chi connectivity index (χ4v) is 2.04. The molecule has 0 bridgehead atoms. The Balaban J connectivity index is 2.13. The first kappa shape index (κ1) is 15.0. The molecule has 0 saturated carbocycles. The molecular weight excluding hydrogens is 266 g/mol. The van der Waals surface area contributed by atoms with Gasteiger partial charge in [-0.3, -0.25) is 9.59 Å². The molecule has 0 unspecified atom stereocenters. The number of aryl methyl sites for hydroxylation is 1. The van der Waals surface area contributed by atoms with E-state index < -0.39 is 0 Å². The van der Waals surface area contributed by atoms with Crippen molar-refractivity contribution >= 4 is 5.91 Å². The fourth-order valence-electron chi connectivity index (χ4n) is 2.04. The number of amides is 1. The van der Waals surface area contributed by atoms with E-state index in [0.29, 0.717) is 6.54 Å². The molecule has 21 heavy (non-hydrogen) atoms. The normalized spacial score (nSPS) is 11.9. The van der Waals surface area contributed by atoms with Gasteiger partial charge in [-0.2, -0.15) is 5.10 Å².